The summed E-state index contributed by atoms with van der Waals surface area (Å²) in [6, 6.07) is 10.7. The summed E-state index contributed by atoms with van der Waals surface area (Å²) in [6.45, 7) is 2.36. The standard InChI is InChI=1S/C19H20N2S2/c1-13-7-8-15-16(11-13)23-19-17(15)18(20-12-21-19)22-10-9-14-5-3-2-4-6-14/h2-6,12-13H,7-11H2,1H3/t13-/m1/s1. The third kappa shape index (κ3) is 3.15. The second-order valence-corrected chi connectivity index (χ2v) is 8.46. The van der Waals surface area contributed by atoms with Gasteiger partial charge in [-0.3, -0.25) is 0 Å². The highest BCUT2D eigenvalue weighted by atomic mass is 32.2. The van der Waals surface area contributed by atoms with Crippen LogP contribution in [0.5, 0.6) is 0 Å². The molecular formula is C19H20N2S2. The molecule has 1 aliphatic carbocycles. The monoisotopic (exact) mass is 340 g/mol. The Balaban J connectivity index is 1.57. The molecule has 2 heterocycles. The third-order valence-electron chi connectivity index (χ3n) is 4.53. The lowest BCUT2D eigenvalue weighted by molar-refractivity contribution is 0.509. The fraction of sp³-hybridized carbons (Fsp3) is 0.368. The first-order chi connectivity index (χ1) is 11.3. The molecule has 1 atom stereocenters. The van der Waals surface area contributed by atoms with E-state index in [1.54, 1.807) is 11.2 Å². The molecule has 2 aromatic heterocycles. The normalized spacial score (nSPS) is 17.3. The van der Waals surface area contributed by atoms with Gasteiger partial charge in [-0.2, -0.15) is 0 Å². The van der Waals surface area contributed by atoms with Crippen molar-refractivity contribution in [2.24, 2.45) is 5.92 Å². The van der Waals surface area contributed by atoms with E-state index in [9.17, 15) is 0 Å². The first-order valence-corrected chi connectivity index (χ1v) is 10.0. The summed E-state index contributed by atoms with van der Waals surface area (Å²) >= 11 is 3.76. The predicted molar refractivity (Wildman–Crippen MR) is 99.5 cm³/mol. The molecule has 0 bridgehead atoms. The van der Waals surface area contributed by atoms with Gasteiger partial charge >= 0.3 is 0 Å². The lowest BCUT2D eigenvalue weighted by Crippen LogP contribution is -2.08. The molecule has 118 valence electrons. The fourth-order valence-electron chi connectivity index (χ4n) is 3.27. The molecule has 0 aliphatic heterocycles. The van der Waals surface area contributed by atoms with Crippen LogP contribution >= 0.6 is 23.1 Å². The summed E-state index contributed by atoms with van der Waals surface area (Å²) in [5.41, 5.74) is 2.93. The molecular weight excluding hydrogens is 320 g/mol. The fourth-order valence-corrected chi connectivity index (χ4v) is 5.70. The quantitative estimate of drug-likeness (QED) is 0.485. The molecule has 0 saturated carbocycles. The van der Waals surface area contributed by atoms with E-state index in [-0.39, 0.29) is 0 Å². The Labute approximate surface area is 145 Å². The Bertz CT molecular complexity index is 811. The Morgan fingerprint density at radius 1 is 1.22 bits per heavy atom. The van der Waals surface area contributed by atoms with E-state index >= 15 is 0 Å². The molecule has 0 spiro atoms. The number of fused-ring (bicyclic) bond motifs is 3. The van der Waals surface area contributed by atoms with Crippen LogP contribution in [0, 0.1) is 5.92 Å². The van der Waals surface area contributed by atoms with Crippen molar-refractivity contribution in [3.05, 3.63) is 52.7 Å². The third-order valence-corrected chi connectivity index (χ3v) is 6.68. The molecule has 1 aromatic carbocycles. The zero-order valence-electron chi connectivity index (χ0n) is 13.3. The molecule has 23 heavy (non-hydrogen) atoms. The highest BCUT2D eigenvalue weighted by Crippen LogP contribution is 2.40. The molecule has 4 heteroatoms. The molecule has 0 amide bonds. The summed E-state index contributed by atoms with van der Waals surface area (Å²) < 4.78 is 0. The van der Waals surface area contributed by atoms with Crippen molar-refractivity contribution in [1.82, 2.24) is 9.97 Å². The van der Waals surface area contributed by atoms with Gasteiger partial charge in [0.2, 0.25) is 0 Å². The maximum absolute atomic E-state index is 4.60. The van der Waals surface area contributed by atoms with E-state index in [4.69, 9.17) is 0 Å². The van der Waals surface area contributed by atoms with Crippen LogP contribution in [0.1, 0.15) is 29.3 Å². The smallest absolute Gasteiger partial charge is 0.128 e. The van der Waals surface area contributed by atoms with Crippen molar-refractivity contribution in [2.75, 3.05) is 5.75 Å². The van der Waals surface area contributed by atoms with Gasteiger partial charge in [0, 0.05) is 16.0 Å². The molecule has 2 nitrogen and oxygen atoms in total. The number of hydrogen-bond acceptors (Lipinski definition) is 4. The average Bonchev–Trinajstić information content (AvgIpc) is 2.94. The lowest BCUT2D eigenvalue weighted by Gasteiger charge is -2.18. The number of hydrogen-bond donors (Lipinski definition) is 0. The zero-order valence-corrected chi connectivity index (χ0v) is 14.9. The van der Waals surface area contributed by atoms with E-state index < -0.39 is 0 Å². The van der Waals surface area contributed by atoms with Crippen molar-refractivity contribution < 1.29 is 0 Å². The van der Waals surface area contributed by atoms with Gasteiger partial charge in [-0.05, 0) is 42.7 Å². The van der Waals surface area contributed by atoms with Crippen molar-refractivity contribution in [1.29, 1.82) is 0 Å². The second kappa shape index (κ2) is 6.62. The number of aryl methyl sites for hydroxylation is 2. The van der Waals surface area contributed by atoms with Gasteiger partial charge in [-0.25, -0.2) is 9.97 Å². The molecule has 3 aromatic rings. The molecule has 4 rings (SSSR count). The van der Waals surface area contributed by atoms with Crippen molar-refractivity contribution in [3.8, 4) is 0 Å². The molecule has 0 radical (unpaired) electrons. The SMILES string of the molecule is C[C@@H]1CCc2c(sc3ncnc(SCCc4ccccc4)c23)C1. The Kier molecular flexibility index (Phi) is 4.36. The van der Waals surface area contributed by atoms with Crippen LogP contribution in [-0.2, 0) is 19.3 Å². The number of thiophene rings is 1. The van der Waals surface area contributed by atoms with Crippen LogP contribution in [0.4, 0.5) is 0 Å². The topological polar surface area (TPSA) is 25.8 Å². The van der Waals surface area contributed by atoms with Gasteiger partial charge in [0.25, 0.3) is 0 Å². The van der Waals surface area contributed by atoms with Gasteiger partial charge in [0.1, 0.15) is 16.2 Å². The zero-order chi connectivity index (χ0) is 15.6. The van der Waals surface area contributed by atoms with E-state index in [0.717, 1.165) is 18.1 Å². The summed E-state index contributed by atoms with van der Waals surface area (Å²) in [5.74, 6) is 1.87. The maximum atomic E-state index is 4.60. The molecule has 0 unspecified atom stereocenters. The Morgan fingerprint density at radius 3 is 2.96 bits per heavy atom. The van der Waals surface area contributed by atoms with E-state index in [2.05, 4.69) is 47.2 Å². The van der Waals surface area contributed by atoms with Gasteiger partial charge in [0.15, 0.2) is 0 Å². The summed E-state index contributed by atoms with van der Waals surface area (Å²) in [4.78, 5) is 11.9. The molecule has 1 aliphatic rings. The van der Waals surface area contributed by atoms with Crippen LogP contribution in [0.2, 0.25) is 0 Å². The van der Waals surface area contributed by atoms with Crippen LogP contribution in [0.25, 0.3) is 10.2 Å². The van der Waals surface area contributed by atoms with Crippen LogP contribution < -0.4 is 0 Å². The van der Waals surface area contributed by atoms with Crippen LogP contribution in [0.3, 0.4) is 0 Å². The number of nitrogens with zero attached hydrogens (tertiary/aromatic N) is 2. The molecule has 0 N–H and O–H groups in total. The highest BCUT2D eigenvalue weighted by Gasteiger charge is 2.22. The van der Waals surface area contributed by atoms with Gasteiger partial charge in [0.05, 0.1) is 0 Å². The summed E-state index contributed by atoms with van der Waals surface area (Å²) in [6.07, 6.45) is 6.52. The first kappa shape index (κ1) is 15.2. The van der Waals surface area contributed by atoms with Gasteiger partial charge in [-0.15, -0.1) is 23.1 Å². The van der Waals surface area contributed by atoms with Crippen molar-refractivity contribution in [3.63, 3.8) is 0 Å². The van der Waals surface area contributed by atoms with Gasteiger partial charge < -0.3 is 0 Å². The second-order valence-electron chi connectivity index (χ2n) is 6.29. The average molecular weight is 341 g/mol. The van der Waals surface area contributed by atoms with E-state index in [1.807, 2.05) is 23.1 Å². The highest BCUT2D eigenvalue weighted by molar-refractivity contribution is 7.99. The first-order valence-electron chi connectivity index (χ1n) is 8.23. The predicted octanol–water partition coefficient (Wildman–Crippen LogP) is 5.15. The lowest BCUT2D eigenvalue weighted by atomic mass is 9.89. The van der Waals surface area contributed by atoms with E-state index in [0.29, 0.717) is 0 Å². The summed E-state index contributed by atoms with van der Waals surface area (Å²) in [5, 5.41) is 2.52. The largest absolute Gasteiger partial charge is 0.229 e. The minimum Gasteiger partial charge on any atom is -0.229 e. The van der Waals surface area contributed by atoms with Crippen LogP contribution in [-0.4, -0.2) is 15.7 Å². The van der Waals surface area contributed by atoms with Crippen LogP contribution in [0.15, 0.2) is 41.7 Å². The van der Waals surface area contributed by atoms with Crippen molar-refractivity contribution >= 4 is 33.3 Å². The minimum absolute atomic E-state index is 0.803. The molecule has 0 saturated heterocycles. The molecule has 0 fully saturated rings. The Morgan fingerprint density at radius 2 is 2.09 bits per heavy atom. The minimum atomic E-state index is 0.803. The number of thioether (sulfide) groups is 1. The number of aromatic nitrogens is 2. The van der Waals surface area contributed by atoms with Gasteiger partial charge in [-0.1, -0.05) is 37.3 Å². The van der Waals surface area contributed by atoms with Crippen molar-refractivity contribution in [2.45, 2.75) is 37.6 Å². The van der Waals surface area contributed by atoms with E-state index in [1.165, 1.54) is 45.6 Å². The summed E-state index contributed by atoms with van der Waals surface area (Å²) in [7, 11) is 0. The maximum Gasteiger partial charge on any atom is 0.128 e. The number of benzene rings is 1. The Hall–Kier alpha value is -1.39. The number of rotatable bonds is 4.